The van der Waals surface area contributed by atoms with Crippen LogP contribution in [0.5, 0.6) is 0 Å². The van der Waals surface area contributed by atoms with Crippen LogP contribution in [0.15, 0.2) is 24.0 Å². The van der Waals surface area contributed by atoms with Crippen LogP contribution < -0.4 is 9.80 Å². The van der Waals surface area contributed by atoms with E-state index in [0.29, 0.717) is 5.54 Å². The lowest BCUT2D eigenvalue weighted by atomic mass is 9.93. The fourth-order valence-electron chi connectivity index (χ4n) is 3.34. The SMILES string of the molecule is [CH2-][NH+]1C2=C(CC3(CC3)[NH+]([CH2-])C2)c2cccnc21. The van der Waals surface area contributed by atoms with E-state index in [1.807, 2.05) is 12.3 Å². The number of aromatic nitrogens is 1. The van der Waals surface area contributed by atoms with Crippen molar-refractivity contribution in [3.8, 4) is 0 Å². The summed E-state index contributed by atoms with van der Waals surface area (Å²) in [7, 11) is 8.51. The lowest BCUT2D eigenvalue weighted by Crippen LogP contribution is -3.17. The summed E-state index contributed by atoms with van der Waals surface area (Å²) in [6.45, 7) is 1.02. The van der Waals surface area contributed by atoms with Gasteiger partial charge >= 0.3 is 0 Å². The van der Waals surface area contributed by atoms with E-state index in [1.54, 1.807) is 0 Å². The van der Waals surface area contributed by atoms with Crippen LogP contribution in [0, 0.1) is 14.1 Å². The van der Waals surface area contributed by atoms with Crippen LogP contribution in [0.25, 0.3) is 5.57 Å². The minimum absolute atomic E-state index is 0.441. The molecule has 4 rings (SSSR count). The normalized spacial score (nSPS) is 32.6. The van der Waals surface area contributed by atoms with Crippen molar-refractivity contribution in [1.82, 2.24) is 4.98 Å². The first-order chi connectivity index (χ1) is 8.21. The first-order valence-electron chi connectivity index (χ1n) is 6.27. The third kappa shape index (κ3) is 1.16. The minimum Gasteiger partial charge on any atom is -0.455 e. The Morgan fingerprint density at radius 2 is 2.12 bits per heavy atom. The van der Waals surface area contributed by atoms with Gasteiger partial charge in [0, 0.05) is 31.0 Å². The standard InChI is InChI=1S/C14H17N3/c1-16-9-12-11(8-14(16)5-6-14)10-4-3-7-15-13(10)17(12)2/h3-4,7,16-17H,1-2,5-6,8-9H2. The molecule has 1 aromatic heterocycles. The molecule has 2 aliphatic heterocycles. The molecule has 88 valence electrons. The molecule has 1 aliphatic carbocycles. The van der Waals surface area contributed by atoms with Gasteiger partial charge in [0.05, 0.1) is 11.1 Å². The van der Waals surface area contributed by atoms with E-state index in [4.69, 9.17) is 0 Å². The fourth-order valence-corrected chi connectivity index (χ4v) is 3.34. The maximum absolute atomic E-state index is 4.49. The average Bonchev–Trinajstić information content (AvgIpc) is 3.07. The maximum Gasteiger partial charge on any atom is 0.211 e. The molecule has 3 heteroatoms. The summed E-state index contributed by atoms with van der Waals surface area (Å²) in [5.74, 6) is 1.10. The van der Waals surface area contributed by atoms with Gasteiger partial charge in [-0.2, -0.15) is 0 Å². The van der Waals surface area contributed by atoms with E-state index in [2.05, 4.69) is 25.1 Å². The van der Waals surface area contributed by atoms with Gasteiger partial charge in [0.1, 0.15) is 12.2 Å². The van der Waals surface area contributed by atoms with Gasteiger partial charge in [-0.3, -0.25) is 0 Å². The van der Waals surface area contributed by atoms with Crippen LogP contribution in [0.2, 0.25) is 0 Å². The zero-order valence-electron chi connectivity index (χ0n) is 9.92. The summed E-state index contributed by atoms with van der Waals surface area (Å²) < 4.78 is 0. The molecule has 2 N–H and O–H groups in total. The van der Waals surface area contributed by atoms with Gasteiger partial charge in [-0.05, 0) is 12.1 Å². The number of rotatable bonds is 0. The Bertz CT molecular complexity index is 528. The molecule has 3 heterocycles. The second kappa shape index (κ2) is 2.98. The summed E-state index contributed by atoms with van der Waals surface area (Å²) in [5, 5.41) is 0. The van der Waals surface area contributed by atoms with Crippen molar-refractivity contribution >= 4 is 11.4 Å². The fraction of sp³-hybridized carbons (Fsp3) is 0.357. The molecular formula is C14H17N3. The van der Waals surface area contributed by atoms with Gasteiger partial charge in [0.25, 0.3) is 0 Å². The maximum atomic E-state index is 4.49. The molecule has 2 unspecified atom stereocenters. The third-order valence-corrected chi connectivity index (χ3v) is 4.66. The molecule has 1 saturated carbocycles. The average molecular weight is 227 g/mol. The highest BCUT2D eigenvalue weighted by molar-refractivity contribution is 5.77. The smallest absolute Gasteiger partial charge is 0.211 e. The van der Waals surface area contributed by atoms with E-state index in [0.717, 1.165) is 17.3 Å². The Hall–Kier alpha value is -1.19. The summed E-state index contributed by atoms with van der Waals surface area (Å²) in [6, 6.07) is 4.23. The van der Waals surface area contributed by atoms with Crippen molar-refractivity contribution in [3.05, 3.63) is 43.7 Å². The van der Waals surface area contributed by atoms with E-state index >= 15 is 0 Å². The molecule has 3 aliphatic rings. The van der Waals surface area contributed by atoms with Crippen LogP contribution in [0.3, 0.4) is 0 Å². The summed E-state index contributed by atoms with van der Waals surface area (Å²) >= 11 is 0. The van der Waals surface area contributed by atoms with Crippen molar-refractivity contribution < 1.29 is 9.80 Å². The molecule has 0 radical (unpaired) electrons. The Morgan fingerprint density at radius 1 is 1.29 bits per heavy atom. The van der Waals surface area contributed by atoms with Crippen molar-refractivity contribution in [3.63, 3.8) is 0 Å². The highest BCUT2D eigenvalue weighted by Gasteiger charge is 2.54. The third-order valence-electron chi connectivity index (χ3n) is 4.66. The van der Waals surface area contributed by atoms with Gasteiger partial charge in [-0.25, -0.2) is 4.98 Å². The molecule has 0 amide bonds. The van der Waals surface area contributed by atoms with Crippen molar-refractivity contribution in [1.29, 1.82) is 0 Å². The predicted octanol–water partition coefficient (Wildman–Crippen LogP) is -0.273. The predicted molar refractivity (Wildman–Crippen MR) is 64.9 cm³/mol. The van der Waals surface area contributed by atoms with Crippen molar-refractivity contribution in [2.45, 2.75) is 24.8 Å². The number of hydrogen-bond acceptors (Lipinski definition) is 1. The zero-order chi connectivity index (χ0) is 11.6. The molecule has 0 bridgehead atoms. The molecule has 17 heavy (non-hydrogen) atoms. The van der Waals surface area contributed by atoms with E-state index < -0.39 is 0 Å². The van der Waals surface area contributed by atoms with Crippen LogP contribution in [-0.4, -0.2) is 17.1 Å². The lowest BCUT2D eigenvalue weighted by molar-refractivity contribution is -0.906. The van der Waals surface area contributed by atoms with Gasteiger partial charge in [0.15, 0.2) is 0 Å². The van der Waals surface area contributed by atoms with Gasteiger partial charge in [-0.1, -0.05) is 0 Å². The lowest BCUT2D eigenvalue weighted by Gasteiger charge is -2.36. The Labute approximate surface area is 102 Å². The first kappa shape index (κ1) is 9.80. The van der Waals surface area contributed by atoms with E-state index in [-0.39, 0.29) is 0 Å². The number of fused-ring (bicyclic) bond motifs is 2. The topological polar surface area (TPSA) is 21.8 Å². The number of nitrogens with zero attached hydrogens (tertiary/aromatic N) is 1. The molecule has 0 saturated heterocycles. The van der Waals surface area contributed by atoms with Crippen molar-refractivity contribution in [2.75, 3.05) is 6.54 Å². The summed E-state index contributed by atoms with van der Waals surface area (Å²) in [6.07, 6.45) is 5.68. The molecule has 0 aromatic carbocycles. The highest BCUT2D eigenvalue weighted by Crippen LogP contribution is 2.45. The zero-order valence-corrected chi connectivity index (χ0v) is 9.92. The second-order valence-electron chi connectivity index (χ2n) is 5.57. The first-order valence-corrected chi connectivity index (χ1v) is 6.27. The van der Waals surface area contributed by atoms with Crippen LogP contribution in [0.1, 0.15) is 24.8 Å². The van der Waals surface area contributed by atoms with Crippen LogP contribution in [0.4, 0.5) is 5.82 Å². The molecule has 1 fully saturated rings. The number of hydrogen-bond donors (Lipinski definition) is 2. The quantitative estimate of drug-likeness (QED) is 0.585. The molecule has 2 atom stereocenters. The molecule has 1 aromatic rings. The Kier molecular flexibility index (Phi) is 1.72. The Morgan fingerprint density at radius 3 is 2.88 bits per heavy atom. The largest absolute Gasteiger partial charge is 0.455 e. The van der Waals surface area contributed by atoms with Crippen molar-refractivity contribution in [2.24, 2.45) is 0 Å². The Balaban J connectivity index is 1.85. The summed E-state index contributed by atoms with van der Waals surface area (Å²) in [4.78, 5) is 7.04. The molecule has 1 spiro atoms. The monoisotopic (exact) mass is 227 g/mol. The van der Waals surface area contributed by atoms with Gasteiger partial charge < -0.3 is 9.80 Å². The number of nitrogens with one attached hydrogen (secondary N) is 2. The van der Waals surface area contributed by atoms with E-state index in [1.165, 1.54) is 41.0 Å². The molecule has 3 nitrogen and oxygen atoms in total. The van der Waals surface area contributed by atoms with Crippen LogP contribution >= 0.6 is 0 Å². The van der Waals surface area contributed by atoms with Gasteiger partial charge in [0.2, 0.25) is 5.82 Å². The van der Waals surface area contributed by atoms with Gasteiger partial charge in [-0.15, -0.1) is 14.1 Å². The second-order valence-corrected chi connectivity index (χ2v) is 5.57. The minimum atomic E-state index is 0.441. The van der Waals surface area contributed by atoms with Crippen LogP contribution in [-0.2, 0) is 0 Å². The summed E-state index contributed by atoms with van der Waals surface area (Å²) in [5.41, 5.74) is 4.67. The van der Waals surface area contributed by atoms with E-state index in [9.17, 15) is 0 Å². The number of quaternary nitrogens is 2. The highest BCUT2D eigenvalue weighted by atomic mass is 15.3. The number of pyridine rings is 1. The molecular weight excluding hydrogens is 210 g/mol.